The highest BCUT2D eigenvalue weighted by Gasteiger charge is 2.34. The van der Waals surface area contributed by atoms with Crippen LogP contribution in [-0.2, 0) is 4.79 Å². The monoisotopic (exact) mass is 218 g/mol. The Morgan fingerprint density at radius 3 is 1.93 bits per heavy atom. The molecule has 0 aromatic carbocycles. The van der Waals surface area contributed by atoms with Crippen LogP contribution >= 0.6 is 0 Å². The molecule has 1 aliphatic rings. The molecule has 0 unspecified atom stereocenters. The van der Waals surface area contributed by atoms with E-state index < -0.39 is 12.3 Å². The number of Topliss-reactive ketones (excluding diaryl/α,β-unsaturated/α-hetero) is 1. The number of alkyl halides is 2. The van der Waals surface area contributed by atoms with E-state index in [-0.39, 0.29) is 17.1 Å². The summed E-state index contributed by atoms with van der Waals surface area (Å²) in [7, 11) is 0. The Balaban J connectivity index is 2.48. The smallest absolute Gasteiger partial charge is 0.241 e. The van der Waals surface area contributed by atoms with Gasteiger partial charge in [-0.25, -0.2) is 8.78 Å². The van der Waals surface area contributed by atoms with Gasteiger partial charge in [-0.2, -0.15) is 0 Å². The van der Waals surface area contributed by atoms with Gasteiger partial charge < -0.3 is 0 Å². The molecule has 0 N–H and O–H groups in total. The highest BCUT2D eigenvalue weighted by Crippen LogP contribution is 2.36. The maximum atomic E-state index is 12.4. The molecule has 1 nitrogen and oxygen atoms in total. The third-order valence-electron chi connectivity index (χ3n) is 3.24. The summed E-state index contributed by atoms with van der Waals surface area (Å²) in [5.41, 5.74) is -0.331. The Labute approximate surface area is 90.2 Å². The first-order valence-corrected chi connectivity index (χ1v) is 5.65. The molecule has 0 amide bonds. The van der Waals surface area contributed by atoms with Crippen LogP contribution in [0, 0.1) is 17.3 Å². The van der Waals surface area contributed by atoms with Crippen molar-refractivity contribution in [1.29, 1.82) is 0 Å². The van der Waals surface area contributed by atoms with E-state index in [0.717, 1.165) is 0 Å². The Morgan fingerprint density at radius 2 is 1.60 bits per heavy atom. The van der Waals surface area contributed by atoms with Crippen LogP contribution in [0.4, 0.5) is 8.78 Å². The third-order valence-corrected chi connectivity index (χ3v) is 3.24. The summed E-state index contributed by atoms with van der Waals surface area (Å²) in [6.07, 6.45) is 0.0838. The van der Waals surface area contributed by atoms with E-state index >= 15 is 0 Å². The third kappa shape index (κ3) is 3.25. The van der Waals surface area contributed by atoms with Gasteiger partial charge in [0.25, 0.3) is 0 Å². The van der Waals surface area contributed by atoms with Crippen LogP contribution in [0.1, 0.15) is 46.5 Å². The number of halogens is 2. The van der Waals surface area contributed by atoms with E-state index in [1.807, 2.05) is 20.8 Å². The molecule has 1 saturated carbocycles. The number of ketones is 1. The topological polar surface area (TPSA) is 17.1 Å². The molecule has 0 aromatic rings. The molecule has 0 aliphatic heterocycles. The second kappa shape index (κ2) is 4.58. The van der Waals surface area contributed by atoms with Crippen molar-refractivity contribution in [2.24, 2.45) is 17.3 Å². The van der Waals surface area contributed by atoms with Gasteiger partial charge in [-0.1, -0.05) is 20.8 Å². The van der Waals surface area contributed by atoms with Crippen LogP contribution in [0.25, 0.3) is 0 Å². The molecule has 3 heteroatoms. The second-order valence-electron chi connectivity index (χ2n) is 5.56. The number of rotatable bonds is 2. The van der Waals surface area contributed by atoms with Gasteiger partial charge in [0.1, 0.15) is 5.78 Å². The summed E-state index contributed by atoms with van der Waals surface area (Å²) >= 11 is 0. The van der Waals surface area contributed by atoms with Crippen molar-refractivity contribution in [1.82, 2.24) is 0 Å². The zero-order valence-corrected chi connectivity index (χ0v) is 9.72. The lowest BCUT2D eigenvalue weighted by Crippen LogP contribution is -2.32. The highest BCUT2D eigenvalue weighted by atomic mass is 19.3. The van der Waals surface area contributed by atoms with Crippen LogP contribution in [0.5, 0.6) is 0 Å². The molecule has 1 aliphatic carbocycles. The van der Waals surface area contributed by atoms with Crippen molar-refractivity contribution in [3.8, 4) is 0 Å². The predicted molar refractivity (Wildman–Crippen MR) is 55.9 cm³/mol. The van der Waals surface area contributed by atoms with Crippen molar-refractivity contribution >= 4 is 5.78 Å². The van der Waals surface area contributed by atoms with E-state index in [9.17, 15) is 13.6 Å². The fourth-order valence-corrected chi connectivity index (χ4v) is 2.25. The van der Waals surface area contributed by atoms with Crippen LogP contribution in [-0.4, -0.2) is 12.2 Å². The Morgan fingerprint density at radius 1 is 1.13 bits per heavy atom. The lowest BCUT2D eigenvalue weighted by molar-refractivity contribution is -0.132. The number of carbonyl (C=O) groups excluding carboxylic acids is 1. The Hall–Kier alpha value is -0.470. The maximum absolute atomic E-state index is 12.4. The maximum Gasteiger partial charge on any atom is 0.241 e. The molecule has 0 aromatic heterocycles. The zero-order valence-electron chi connectivity index (χ0n) is 9.72. The average Bonchev–Trinajstić information content (AvgIpc) is 2.15. The van der Waals surface area contributed by atoms with E-state index in [4.69, 9.17) is 0 Å². The van der Waals surface area contributed by atoms with E-state index in [0.29, 0.717) is 25.7 Å². The quantitative estimate of drug-likeness (QED) is 0.691. The van der Waals surface area contributed by atoms with Gasteiger partial charge in [-0.15, -0.1) is 0 Å². The molecule has 1 rings (SSSR count). The summed E-state index contributed by atoms with van der Waals surface area (Å²) in [4.78, 5) is 11.9. The minimum Gasteiger partial charge on any atom is -0.299 e. The minimum atomic E-state index is -2.21. The summed E-state index contributed by atoms with van der Waals surface area (Å²) in [6, 6.07) is 0. The van der Waals surface area contributed by atoms with Gasteiger partial charge in [-0.05, 0) is 25.7 Å². The molecule has 0 atom stereocenters. The molecule has 88 valence electrons. The molecule has 0 radical (unpaired) electrons. The van der Waals surface area contributed by atoms with Crippen molar-refractivity contribution < 1.29 is 13.6 Å². The van der Waals surface area contributed by atoms with Gasteiger partial charge >= 0.3 is 0 Å². The van der Waals surface area contributed by atoms with Gasteiger partial charge in [0, 0.05) is 17.3 Å². The summed E-state index contributed by atoms with van der Waals surface area (Å²) in [5, 5.41) is 0. The largest absolute Gasteiger partial charge is 0.299 e. The van der Waals surface area contributed by atoms with Crippen molar-refractivity contribution in [3.63, 3.8) is 0 Å². The normalized spacial score (nSPS) is 28.1. The van der Waals surface area contributed by atoms with Crippen LogP contribution in [0.2, 0.25) is 0 Å². The minimum absolute atomic E-state index is 0.0139. The summed E-state index contributed by atoms with van der Waals surface area (Å²) < 4.78 is 24.8. The van der Waals surface area contributed by atoms with Gasteiger partial charge in [-0.3, -0.25) is 4.79 Å². The Bertz CT molecular complexity index is 222. The zero-order chi connectivity index (χ0) is 11.6. The van der Waals surface area contributed by atoms with E-state index in [1.54, 1.807) is 0 Å². The predicted octanol–water partition coefficient (Wildman–Crippen LogP) is 3.67. The second-order valence-corrected chi connectivity index (χ2v) is 5.56. The lowest BCUT2D eigenvalue weighted by atomic mass is 9.74. The van der Waals surface area contributed by atoms with Crippen molar-refractivity contribution in [2.45, 2.75) is 52.9 Å². The molecular weight excluding hydrogens is 198 g/mol. The molecule has 0 bridgehead atoms. The first-order chi connectivity index (χ1) is 6.82. The molecule has 1 fully saturated rings. The van der Waals surface area contributed by atoms with Crippen molar-refractivity contribution in [2.75, 3.05) is 0 Å². The number of carbonyl (C=O) groups is 1. The molecule has 15 heavy (non-hydrogen) atoms. The van der Waals surface area contributed by atoms with E-state index in [2.05, 4.69) is 0 Å². The summed E-state index contributed by atoms with van der Waals surface area (Å²) in [5.74, 6) is -0.232. The number of hydrogen-bond donors (Lipinski definition) is 0. The molecule has 0 spiro atoms. The SMILES string of the molecule is CC(C)(C)C(=O)C1CCC(C(F)F)CC1. The molecule has 0 heterocycles. The van der Waals surface area contributed by atoms with Gasteiger partial charge in [0.15, 0.2) is 0 Å². The molecular formula is C12H20F2O. The van der Waals surface area contributed by atoms with E-state index in [1.165, 1.54) is 0 Å². The standard InChI is InChI=1S/C12H20F2O/c1-12(2,3)10(15)8-4-6-9(7-5-8)11(13)14/h8-9,11H,4-7H2,1-3H3. The summed E-state index contributed by atoms with van der Waals surface area (Å²) in [6.45, 7) is 5.69. The van der Waals surface area contributed by atoms with Crippen LogP contribution in [0.3, 0.4) is 0 Å². The van der Waals surface area contributed by atoms with Gasteiger partial charge in [0.05, 0.1) is 0 Å². The van der Waals surface area contributed by atoms with Crippen molar-refractivity contribution in [3.05, 3.63) is 0 Å². The average molecular weight is 218 g/mol. The number of hydrogen-bond acceptors (Lipinski definition) is 1. The first-order valence-electron chi connectivity index (χ1n) is 5.65. The lowest BCUT2D eigenvalue weighted by Gasteiger charge is -2.31. The fourth-order valence-electron chi connectivity index (χ4n) is 2.25. The van der Waals surface area contributed by atoms with Crippen LogP contribution < -0.4 is 0 Å². The first kappa shape index (κ1) is 12.6. The fraction of sp³-hybridized carbons (Fsp3) is 0.917. The van der Waals surface area contributed by atoms with Gasteiger partial charge in [0.2, 0.25) is 6.43 Å². The Kier molecular flexibility index (Phi) is 3.85. The highest BCUT2D eigenvalue weighted by molar-refractivity contribution is 5.85. The van der Waals surface area contributed by atoms with Crippen LogP contribution in [0.15, 0.2) is 0 Å². The molecule has 0 saturated heterocycles.